The van der Waals surface area contributed by atoms with E-state index in [0.717, 1.165) is 21.8 Å². The molecule has 1 aliphatic rings. The molecule has 2 amide bonds. The maximum Gasteiger partial charge on any atom is 0.261 e. The van der Waals surface area contributed by atoms with Gasteiger partial charge < -0.3 is 30.0 Å². The number of primary amides is 1. The van der Waals surface area contributed by atoms with E-state index in [1.807, 2.05) is 24.3 Å². The second kappa shape index (κ2) is 9.61. The van der Waals surface area contributed by atoms with Crippen molar-refractivity contribution in [2.24, 2.45) is 5.73 Å². The minimum absolute atomic E-state index is 0.174. The molecule has 0 saturated heterocycles. The van der Waals surface area contributed by atoms with Gasteiger partial charge in [0.25, 0.3) is 11.8 Å². The molecule has 2 heterocycles. The Morgan fingerprint density at radius 1 is 1.03 bits per heavy atom. The van der Waals surface area contributed by atoms with Crippen LogP contribution in [0.4, 0.5) is 0 Å². The molecule has 9 heteroatoms. The summed E-state index contributed by atoms with van der Waals surface area (Å²) in [6.07, 6.45) is 0. The van der Waals surface area contributed by atoms with E-state index in [-0.39, 0.29) is 12.5 Å². The first-order valence-electron chi connectivity index (χ1n) is 9.89. The van der Waals surface area contributed by atoms with Crippen LogP contribution in [0.2, 0.25) is 0 Å². The SMILES string of the molecule is COc1cc(CNC(=O)c2ccc(-c3ccc4c(c3)OCCO4)s2)ccc1OCC(N)=O. The molecular weight excluding hydrogens is 432 g/mol. The summed E-state index contributed by atoms with van der Waals surface area (Å²) in [6, 6.07) is 14.7. The van der Waals surface area contributed by atoms with Gasteiger partial charge in [-0.05, 0) is 53.6 Å². The van der Waals surface area contributed by atoms with Gasteiger partial charge in [-0.25, -0.2) is 0 Å². The summed E-state index contributed by atoms with van der Waals surface area (Å²) in [5.74, 6) is 1.56. The van der Waals surface area contributed by atoms with E-state index in [9.17, 15) is 9.59 Å². The number of ether oxygens (including phenoxy) is 4. The molecule has 1 aromatic heterocycles. The number of nitrogens with one attached hydrogen (secondary N) is 1. The predicted molar refractivity (Wildman–Crippen MR) is 120 cm³/mol. The van der Waals surface area contributed by atoms with E-state index >= 15 is 0 Å². The van der Waals surface area contributed by atoms with Crippen LogP contribution in [0.25, 0.3) is 10.4 Å². The highest BCUT2D eigenvalue weighted by Gasteiger charge is 2.15. The van der Waals surface area contributed by atoms with Gasteiger partial charge >= 0.3 is 0 Å². The van der Waals surface area contributed by atoms with Crippen molar-refractivity contribution in [2.75, 3.05) is 26.9 Å². The van der Waals surface area contributed by atoms with Gasteiger partial charge in [0.2, 0.25) is 0 Å². The zero-order chi connectivity index (χ0) is 22.5. The van der Waals surface area contributed by atoms with Crippen molar-refractivity contribution in [2.45, 2.75) is 6.54 Å². The summed E-state index contributed by atoms with van der Waals surface area (Å²) in [4.78, 5) is 25.1. The number of carbonyl (C=O) groups excluding carboxylic acids is 2. The molecule has 32 heavy (non-hydrogen) atoms. The Morgan fingerprint density at radius 2 is 1.84 bits per heavy atom. The lowest BCUT2D eigenvalue weighted by Crippen LogP contribution is -2.22. The summed E-state index contributed by atoms with van der Waals surface area (Å²) in [5.41, 5.74) is 6.90. The average Bonchev–Trinajstić information content (AvgIpc) is 3.31. The highest BCUT2D eigenvalue weighted by molar-refractivity contribution is 7.17. The van der Waals surface area contributed by atoms with Crippen molar-refractivity contribution >= 4 is 23.2 Å². The maximum absolute atomic E-state index is 12.6. The number of carbonyl (C=O) groups is 2. The standard InChI is InChI=1S/C23H22N2O6S/c1-28-18-10-14(2-4-16(18)31-13-22(24)26)12-25-23(27)21-7-6-20(32-21)15-3-5-17-19(11-15)30-9-8-29-17/h2-7,10-11H,8-9,12-13H2,1H3,(H2,24,26)(H,25,27). The van der Waals surface area contributed by atoms with E-state index in [2.05, 4.69) is 5.32 Å². The van der Waals surface area contributed by atoms with Gasteiger partial charge in [0.05, 0.1) is 12.0 Å². The van der Waals surface area contributed by atoms with Gasteiger partial charge in [0.1, 0.15) is 13.2 Å². The molecule has 0 aliphatic carbocycles. The molecule has 0 fully saturated rings. The number of hydrogen-bond donors (Lipinski definition) is 2. The number of rotatable bonds is 8. The molecule has 0 saturated carbocycles. The normalized spacial score (nSPS) is 12.2. The van der Waals surface area contributed by atoms with Crippen LogP contribution in [-0.4, -0.2) is 38.7 Å². The van der Waals surface area contributed by atoms with Crippen molar-refractivity contribution < 1.29 is 28.5 Å². The molecule has 166 valence electrons. The molecule has 0 atom stereocenters. The largest absolute Gasteiger partial charge is 0.493 e. The quantitative estimate of drug-likeness (QED) is 0.542. The van der Waals surface area contributed by atoms with Crippen LogP contribution in [-0.2, 0) is 11.3 Å². The third kappa shape index (κ3) is 4.94. The molecule has 8 nitrogen and oxygen atoms in total. The van der Waals surface area contributed by atoms with E-state index in [1.54, 1.807) is 24.3 Å². The van der Waals surface area contributed by atoms with E-state index in [1.165, 1.54) is 18.4 Å². The summed E-state index contributed by atoms with van der Waals surface area (Å²) in [5, 5.41) is 2.91. The van der Waals surface area contributed by atoms with E-state index in [0.29, 0.717) is 41.9 Å². The Bertz CT molecular complexity index is 1140. The fourth-order valence-electron chi connectivity index (χ4n) is 3.17. The Balaban J connectivity index is 1.40. The molecule has 3 aromatic rings. The molecule has 0 bridgehead atoms. The second-order valence-electron chi connectivity index (χ2n) is 6.95. The Morgan fingerprint density at radius 3 is 2.62 bits per heavy atom. The minimum Gasteiger partial charge on any atom is -0.493 e. The lowest BCUT2D eigenvalue weighted by atomic mass is 10.1. The smallest absolute Gasteiger partial charge is 0.261 e. The lowest BCUT2D eigenvalue weighted by molar-refractivity contribution is -0.119. The number of nitrogens with two attached hydrogens (primary N) is 1. The highest BCUT2D eigenvalue weighted by atomic mass is 32.1. The van der Waals surface area contributed by atoms with Gasteiger partial charge in [-0.3, -0.25) is 9.59 Å². The number of fused-ring (bicyclic) bond motifs is 1. The molecular formula is C23H22N2O6S. The van der Waals surface area contributed by atoms with Crippen LogP contribution >= 0.6 is 11.3 Å². The molecule has 0 unspecified atom stereocenters. The van der Waals surface area contributed by atoms with Crippen molar-refractivity contribution in [3.05, 3.63) is 59.0 Å². The highest BCUT2D eigenvalue weighted by Crippen LogP contribution is 2.37. The van der Waals surface area contributed by atoms with Gasteiger partial charge in [-0.1, -0.05) is 6.07 Å². The number of thiophene rings is 1. The number of amides is 2. The summed E-state index contributed by atoms with van der Waals surface area (Å²) in [7, 11) is 1.50. The zero-order valence-electron chi connectivity index (χ0n) is 17.4. The van der Waals surface area contributed by atoms with Crippen LogP contribution in [0, 0.1) is 0 Å². The van der Waals surface area contributed by atoms with E-state index < -0.39 is 5.91 Å². The maximum atomic E-state index is 12.6. The second-order valence-corrected chi connectivity index (χ2v) is 8.03. The number of methoxy groups -OCH3 is 1. The van der Waals surface area contributed by atoms with E-state index in [4.69, 9.17) is 24.7 Å². The fraction of sp³-hybridized carbons (Fsp3) is 0.217. The van der Waals surface area contributed by atoms with Crippen molar-refractivity contribution in [1.29, 1.82) is 0 Å². The van der Waals surface area contributed by atoms with Crippen LogP contribution < -0.4 is 30.0 Å². The van der Waals surface area contributed by atoms with Crippen LogP contribution in [0.1, 0.15) is 15.2 Å². The molecule has 0 radical (unpaired) electrons. The third-order valence-corrected chi connectivity index (χ3v) is 5.84. The summed E-state index contributed by atoms with van der Waals surface area (Å²) >= 11 is 1.40. The summed E-state index contributed by atoms with van der Waals surface area (Å²) in [6.45, 7) is 1.14. The molecule has 0 spiro atoms. The monoisotopic (exact) mass is 454 g/mol. The van der Waals surface area contributed by atoms with Gasteiger partial charge in [-0.15, -0.1) is 11.3 Å². The first-order valence-corrected chi connectivity index (χ1v) is 10.7. The fourth-order valence-corrected chi connectivity index (χ4v) is 4.09. The Hall–Kier alpha value is -3.72. The first-order chi connectivity index (χ1) is 15.5. The zero-order valence-corrected chi connectivity index (χ0v) is 18.2. The van der Waals surface area contributed by atoms with Crippen molar-refractivity contribution in [1.82, 2.24) is 5.32 Å². The topological polar surface area (TPSA) is 109 Å². The molecule has 1 aliphatic heterocycles. The number of hydrogen-bond acceptors (Lipinski definition) is 7. The average molecular weight is 455 g/mol. The van der Waals surface area contributed by atoms with Gasteiger partial charge in [0, 0.05) is 11.4 Å². The first kappa shape index (κ1) is 21.5. The van der Waals surface area contributed by atoms with Crippen molar-refractivity contribution in [3.8, 4) is 33.4 Å². The molecule has 4 rings (SSSR count). The Labute approximate surface area is 188 Å². The third-order valence-electron chi connectivity index (χ3n) is 4.71. The number of benzene rings is 2. The summed E-state index contributed by atoms with van der Waals surface area (Å²) < 4.78 is 21.8. The minimum atomic E-state index is -0.574. The lowest BCUT2D eigenvalue weighted by Gasteiger charge is -2.18. The Kier molecular flexibility index (Phi) is 6.46. The van der Waals surface area contributed by atoms with Gasteiger partial charge in [-0.2, -0.15) is 0 Å². The molecule has 2 aromatic carbocycles. The van der Waals surface area contributed by atoms with Crippen LogP contribution in [0.3, 0.4) is 0 Å². The predicted octanol–water partition coefficient (Wildman–Crippen LogP) is 2.99. The molecule has 3 N–H and O–H groups in total. The van der Waals surface area contributed by atoms with Crippen molar-refractivity contribution in [3.63, 3.8) is 0 Å². The van der Waals surface area contributed by atoms with Crippen LogP contribution in [0.5, 0.6) is 23.0 Å². The van der Waals surface area contributed by atoms with Gasteiger partial charge in [0.15, 0.2) is 29.6 Å². The van der Waals surface area contributed by atoms with Crippen LogP contribution in [0.15, 0.2) is 48.5 Å².